The van der Waals surface area contributed by atoms with Crippen LogP contribution in [0.5, 0.6) is 5.75 Å². The molecular weight excluding hydrogens is 200 g/mol. The lowest BCUT2D eigenvalue weighted by molar-refractivity contribution is 0.342. The fourth-order valence-corrected chi connectivity index (χ4v) is 2.17. The lowest BCUT2D eigenvalue weighted by Gasteiger charge is -2.19. The van der Waals surface area contributed by atoms with Crippen molar-refractivity contribution in [3.05, 3.63) is 18.2 Å². The van der Waals surface area contributed by atoms with E-state index in [1.165, 1.54) is 12.1 Å². The summed E-state index contributed by atoms with van der Waals surface area (Å²) in [6.45, 7) is 7.20. The topological polar surface area (TPSA) is 38.5 Å². The minimum absolute atomic E-state index is 0.657. The van der Waals surface area contributed by atoms with Crippen molar-refractivity contribution >= 4 is 11.4 Å². The van der Waals surface area contributed by atoms with E-state index in [0.717, 1.165) is 30.4 Å². The molecule has 0 amide bonds. The van der Waals surface area contributed by atoms with Crippen molar-refractivity contribution in [3.8, 4) is 5.75 Å². The van der Waals surface area contributed by atoms with Gasteiger partial charge in [0.15, 0.2) is 0 Å². The second-order valence-corrected chi connectivity index (χ2v) is 4.50. The fourth-order valence-electron chi connectivity index (χ4n) is 2.17. The number of hydrogen-bond acceptors (Lipinski definition) is 3. The molecule has 1 aliphatic heterocycles. The summed E-state index contributed by atoms with van der Waals surface area (Å²) in [6.07, 6.45) is 1.27. The summed E-state index contributed by atoms with van der Waals surface area (Å²) < 4.78 is 5.51. The number of hydrogen-bond donors (Lipinski definition) is 1. The van der Waals surface area contributed by atoms with Crippen LogP contribution in [0.3, 0.4) is 0 Å². The van der Waals surface area contributed by atoms with Gasteiger partial charge in [0.1, 0.15) is 5.75 Å². The van der Waals surface area contributed by atoms with E-state index >= 15 is 0 Å². The molecule has 1 aromatic rings. The molecule has 0 radical (unpaired) electrons. The lowest BCUT2D eigenvalue weighted by Crippen LogP contribution is -2.19. The third-order valence-electron chi connectivity index (χ3n) is 3.09. The van der Waals surface area contributed by atoms with E-state index in [0.29, 0.717) is 6.61 Å². The minimum atomic E-state index is 0.657. The van der Waals surface area contributed by atoms with Gasteiger partial charge in [0.05, 0.1) is 12.3 Å². The normalized spacial score (nSPS) is 20.1. The van der Waals surface area contributed by atoms with Gasteiger partial charge in [-0.15, -0.1) is 0 Å². The standard InChI is InChI=1S/C13H20N2O/c1-3-16-13-8-11(4-5-12(13)14)15-7-6-10(2)9-15/h4-5,8,10H,3,6-7,9,14H2,1-2H3/t10-/m1/s1. The third kappa shape index (κ3) is 2.23. The minimum Gasteiger partial charge on any atom is -0.492 e. The van der Waals surface area contributed by atoms with Gasteiger partial charge in [0.25, 0.3) is 0 Å². The van der Waals surface area contributed by atoms with Crippen LogP contribution in [0.15, 0.2) is 18.2 Å². The van der Waals surface area contributed by atoms with E-state index in [2.05, 4.69) is 24.0 Å². The molecule has 0 aromatic heterocycles. The second kappa shape index (κ2) is 4.64. The Kier molecular flexibility index (Phi) is 3.22. The number of nitrogens with zero attached hydrogens (tertiary/aromatic N) is 1. The van der Waals surface area contributed by atoms with Crippen molar-refractivity contribution < 1.29 is 4.74 Å². The van der Waals surface area contributed by atoms with Crippen LogP contribution in [0.1, 0.15) is 20.3 Å². The summed E-state index contributed by atoms with van der Waals surface area (Å²) in [5, 5.41) is 0. The van der Waals surface area contributed by atoms with Gasteiger partial charge < -0.3 is 15.4 Å². The second-order valence-electron chi connectivity index (χ2n) is 4.50. The molecule has 2 rings (SSSR count). The van der Waals surface area contributed by atoms with E-state index in [-0.39, 0.29) is 0 Å². The molecule has 3 heteroatoms. The zero-order valence-electron chi connectivity index (χ0n) is 10.1. The maximum absolute atomic E-state index is 5.86. The van der Waals surface area contributed by atoms with E-state index in [1.807, 2.05) is 13.0 Å². The van der Waals surface area contributed by atoms with Crippen LogP contribution in [0.2, 0.25) is 0 Å². The van der Waals surface area contributed by atoms with Crippen molar-refractivity contribution in [1.29, 1.82) is 0 Å². The molecule has 0 unspecified atom stereocenters. The molecule has 1 saturated heterocycles. The SMILES string of the molecule is CCOc1cc(N2CC[C@@H](C)C2)ccc1N. The molecule has 88 valence electrons. The van der Waals surface area contributed by atoms with Crippen molar-refractivity contribution in [3.63, 3.8) is 0 Å². The molecule has 1 fully saturated rings. The number of rotatable bonds is 3. The molecule has 3 nitrogen and oxygen atoms in total. The van der Waals surface area contributed by atoms with Crippen LogP contribution in [0.25, 0.3) is 0 Å². The Morgan fingerprint density at radius 1 is 1.50 bits per heavy atom. The Bertz CT molecular complexity index is 365. The molecule has 1 aliphatic rings. The van der Waals surface area contributed by atoms with E-state index in [9.17, 15) is 0 Å². The summed E-state index contributed by atoms with van der Waals surface area (Å²) in [4.78, 5) is 2.40. The Labute approximate surface area is 97.2 Å². The van der Waals surface area contributed by atoms with Crippen molar-refractivity contribution in [2.45, 2.75) is 20.3 Å². The van der Waals surface area contributed by atoms with Gasteiger partial charge in [-0.1, -0.05) is 6.92 Å². The summed E-state index contributed by atoms with van der Waals surface area (Å²) >= 11 is 0. The maximum atomic E-state index is 5.86. The first-order valence-corrected chi connectivity index (χ1v) is 5.98. The predicted molar refractivity (Wildman–Crippen MR) is 68.0 cm³/mol. The van der Waals surface area contributed by atoms with Gasteiger partial charge >= 0.3 is 0 Å². The summed E-state index contributed by atoms with van der Waals surface area (Å²) in [6, 6.07) is 6.07. The van der Waals surface area contributed by atoms with Crippen molar-refractivity contribution in [1.82, 2.24) is 0 Å². The number of nitrogens with two attached hydrogens (primary N) is 1. The Balaban J connectivity index is 2.18. The first-order valence-electron chi connectivity index (χ1n) is 5.98. The molecule has 1 aromatic carbocycles. The van der Waals surface area contributed by atoms with Crippen LogP contribution in [-0.2, 0) is 0 Å². The molecule has 1 atom stereocenters. The average molecular weight is 220 g/mol. The van der Waals surface area contributed by atoms with E-state index in [4.69, 9.17) is 10.5 Å². The van der Waals surface area contributed by atoms with Gasteiger partial charge in [0, 0.05) is 24.8 Å². The molecule has 0 spiro atoms. The first-order chi connectivity index (χ1) is 7.70. The highest BCUT2D eigenvalue weighted by atomic mass is 16.5. The zero-order valence-corrected chi connectivity index (χ0v) is 10.1. The maximum Gasteiger partial charge on any atom is 0.144 e. The molecule has 0 aliphatic carbocycles. The lowest BCUT2D eigenvalue weighted by atomic mass is 10.2. The number of ether oxygens (including phenoxy) is 1. The van der Waals surface area contributed by atoms with E-state index < -0.39 is 0 Å². The third-order valence-corrected chi connectivity index (χ3v) is 3.09. The van der Waals surface area contributed by atoms with Gasteiger partial charge in [0.2, 0.25) is 0 Å². The fraction of sp³-hybridized carbons (Fsp3) is 0.538. The smallest absolute Gasteiger partial charge is 0.144 e. The summed E-state index contributed by atoms with van der Waals surface area (Å²) in [5.74, 6) is 1.59. The highest BCUT2D eigenvalue weighted by molar-refractivity contribution is 5.62. The van der Waals surface area contributed by atoms with Crippen molar-refractivity contribution in [2.75, 3.05) is 30.3 Å². The Hall–Kier alpha value is -1.38. The van der Waals surface area contributed by atoms with E-state index in [1.54, 1.807) is 0 Å². The first kappa shape index (κ1) is 11.1. The molecule has 0 saturated carbocycles. The number of benzene rings is 1. The van der Waals surface area contributed by atoms with Crippen LogP contribution in [-0.4, -0.2) is 19.7 Å². The zero-order chi connectivity index (χ0) is 11.5. The highest BCUT2D eigenvalue weighted by Crippen LogP contribution is 2.30. The molecule has 1 heterocycles. The van der Waals surface area contributed by atoms with Crippen LogP contribution in [0.4, 0.5) is 11.4 Å². The Morgan fingerprint density at radius 2 is 2.31 bits per heavy atom. The van der Waals surface area contributed by atoms with Gasteiger partial charge in [-0.2, -0.15) is 0 Å². The van der Waals surface area contributed by atoms with Gasteiger partial charge in [-0.05, 0) is 31.4 Å². The van der Waals surface area contributed by atoms with Crippen LogP contribution in [0, 0.1) is 5.92 Å². The van der Waals surface area contributed by atoms with Gasteiger partial charge in [-0.3, -0.25) is 0 Å². The van der Waals surface area contributed by atoms with Gasteiger partial charge in [-0.25, -0.2) is 0 Å². The molecule has 2 N–H and O–H groups in total. The highest BCUT2D eigenvalue weighted by Gasteiger charge is 2.19. The predicted octanol–water partition coefficient (Wildman–Crippen LogP) is 2.51. The molecular formula is C13H20N2O. The van der Waals surface area contributed by atoms with Crippen molar-refractivity contribution in [2.24, 2.45) is 5.92 Å². The quantitative estimate of drug-likeness (QED) is 0.795. The number of anilines is 2. The van der Waals surface area contributed by atoms with Crippen LogP contribution < -0.4 is 15.4 Å². The largest absolute Gasteiger partial charge is 0.492 e. The Morgan fingerprint density at radius 3 is 2.94 bits per heavy atom. The molecule has 0 bridgehead atoms. The summed E-state index contributed by atoms with van der Waals surface area (Å²) in [5.41, 5.74) is 7.80. The number of nitrogen functional groups attached to an aromatic ring is 1. The monoisotopic (exact) mass is 220 g/mol. The molecule has 16 heavy (non-hydrogen) atoms. The van der Waals surface area contributed by atoms with Crippen LogP contribution >= 0.6 is 0 Å². The average Bonchev–Trinajstić information content (AvgIpc) is 2.69. The summed E-state index contributed by atoms with van der Waals surface area (Å²) in [7, 11) is 0.